The van der Waals surface area contributed by atoms with Crippen LogP contribution < -0.4 is 15.6 Å². The van der Waals surface area contributed by atoms with E-state index in [1.807, 2.05) is 44.2 Å². The second-order valence-corrected chi connectivity index (χ2v) is 7.17. The molecule has 0 aromatic heterocycles. The number of carbonyl (C=O) groups excluding carboxylic acids is 1. The number of ether oxygens (including phenoxy) is 1. The van der Waals surface area contributed by atoms with Gasteiger partial charge in [0, 0.05) is 11.0 Å². The Morgan fingerprint density at radius 1 is 1.17 bits per heavy atom. The van der Waals surface area contributed by atoms with Gasteiger partial charge >= 0.3 is 0 Å². The maximum atomic E-state index is 12.2. The topological polar surface area (TPSA) is 50.4 Å². The monoisotopic (exact) mass is 324 g/mol. The van der Waals surface area contributed by atoms with E-state index < -0.39 is 5.54 Å². The molecule has 0 spiro atoms. The van der Waals surface area contributed by atoms with Crippen molar-refractivity contribution in [2.75, 3.05) is 6.61 Å². The first-order valence-electron chi connectivity index (χ1n) is 8.33. The molecular formula is C20H24N2O2. The molecule has 2 aromatic rings. The Morgan fingerprint density at radius 2 is 1.88 bits per heavy atom. The Kier molecular flexibility index (Phi) is 4.33. The Morgan fingerprint density at radius 3 is 2.50 bits per heavy atom. The van der Waals surface area contributed by atoms with E-state index in [2.05, 4.69) is 36.8 Å². The van der Waals surface area contributed by atoms with E-state index in [1.54, 1.807) is 0 Å². The van der Waals surface area contributed by atoms with Crippen LogP contribution in [0.25, 0.3) is 16.8 Å². The number of benzene rings is 2. The van der Waals surface area contributed by atoms with Gasteiger partial charge in [-0.05, 0) is 42.9 Å². The summed E-state index contributed by atoms with van der Waals surface area (Å²) in [6.07, 6.45) is 1.96. The molecule has 1 saturated heterocycles. The largest absolute Gasteiger partial charge is 0.493 e. The van der Waals surface area contributed by atoms with Gasteiger partial charge in [0.1, 0.15) is 5.75 Å². The lowest BCUT2D eigenvalue weighted by Gasteiger charge is -2.18. The van der Waals surface area contributed by atoms with Crippen LogP contribution in [0.15, 0.2) is 42.0 Å². The van der Waals surface area contributed by atoms with E-state index in [9.17, 15) is 4.79 Å². The summed E-state index contributed by atoms with van der Waals surface area (Å²) >= 11 is 0. The minimum Gasteiger partial charge on any atom is -0.493 e. The third-order valence-electron chi connectivity index (χ3n) is 4.18. The molecule has 24 heavy (non-hydrogen) atoms. The van der Waals surface area contributed by atoms with Crippen molar-refractivity contribution in [3.8, 4) is 5.75 Å². The van der Waals surface area contributed by atoms with Crippen LogP contribution in [0.1, 0.15) is 33.3 Å². The predicted octanol–water partition coefficient (Wildman–Crippen LogP) is 3.67. The highest BCUT2D eigenvalue weighted by Crippen LogP contribution is 2.32. The summed E-state index contributed by atoms with van der Waals surface area (Å²) in [6.45, 7) is 8.89. The van der Waals surface area contributed by atoms with Gasteiger partial charge in [-0.2, -0.15) is 0 Å². The third-order valence-corrected chi connectivity index (χ3v) is 4.18. The lowest BCUT2D eigenvalue weighted by molar-refractivity contribution is -0.116. The molecule has 4 heteroatoms. The number of hydrogen-bond donors (Lipinski definition) is 2. The third kappa shape index (κ3) is 3.15. The normalized spacial score (nSPS) is 18.4. The maximum absolute atomic E-state index is 12.2. The van der Waals surface area contributed by atoms with Crippen molar-refractivity contribution < 1.29 is 9.53 Å². The molecule has 2 N–H and O–H groups in total. The van der Waals surface area contributed by atoms with Crippen molar-refractivity contribution in [1.29, 1.82) is 0 Å². The summed E-state index contributed by atoms with van der Waals surface area (Å²) < 4.78 is 6.02. The van der Waals surface area contributed by atoms with Crippen LogP contribution in [0.2, 0.25) is 0 Å². The highest BCUT2D eigenvalue weighted by Gasteiger charge is 2.35. The predicted molar refractivity (Wildman–Crippen MR) is 97.6 cm³/mol. The summed E-state index contributed by atoms with van der Waals surface area (Å²) in [7, 11) is 0. The molecule has 0 saturated carbocycles. The average molecular weight is 324 g/mol. The molecule has 0 atom stereocenters. The van der Waals surface area contributed by atoms with E-state index in [0.29, 0.717) is 18.1 Å². The smallest absolute Gasteiger partial charge is 0.263 e. The highest BCUT2D eigenvalue weighted by molar-refractivity contribution is 6.05. The van der Waals surface area contributed by atoms with E-state index in [-0.39, 0.29) is 5.91 Å². The standard InChI is InChI=1S/C20H24N2O2/c1-13(2)12-24-17-10-6-8-14-7-5-9-15(18(14)17)11-16-19(23)21-22-20(16,3)4/h5-11,13,22H,12H2,1-4H3,(H,21,23)/b16-11+. The van der Waals surface area contributed by atoms with Crippen molar-refractivity contribution in [3.05, 3.63) is 47.5 Å². The number of amides is 1. The Labute approximate surface area is 142 Å². The Balaban J connectivity index is 2.13. The van der Waals surface area contributed by atoms with Gasteiger partial charge < -0.3 is 4.74 Å². The fourth-order valence-electron chi connectivity index (χ4n) is 2.86. The van der Waals surface area contributed by atoms with Crippen molar-refractivity contribution in [2.45, 2.75) is 33.2 Å². The number of nitrogens with one attached hydrogen (secondary N) is 2. The van der Waals surface area contributed by atoms with Gasteiger partial charge in [-0.1, -0.05) is 44.2 Å². The second kappa shape index (κ2) is 6.29. The van der Waals surface area contributed by atoms with Gasteiger partial charge in [0.05, 0.1) is 12.1 Å². The van der Waals surface area contributed by atoms with Crippen LogP contribution in [0.5, 0.6) is 5.75 Å². The minimum absolute atomic E-state index is 0.0856. The Bertz CT molecular complexity index is 801. The van der Waals surface area contributed by atoms with Gasteiger partial charge in [-0.3, -0.25) is 10.2 Å². The van der Waals surface area contributed by atoms with Crippen LogP contribution >= 0.6 is 0 Å². The fraction of sp³-hybridized carbons (Fsp3) is 0.350. The first-order valence-corrected chi connectivity index (χ1v) is 8.33. The number of carbonyl (C=O) groups is 1. The summed E-state index contributed by atoms with van der Waals surface area (Å²) in [4.78, 5) is 12.2. The first-order chi connectivity index (χ1) is 11.4. The van der Waals surface area contributed by atoms with Gasteiger partial charge in [0.15, 0.2) is 0 Å². The molecule has 0 aliphatic carbocycles. The van der Waals surface area contributed by atoms with E-state index in [4.69, 9.17) is 4.74 Å². The molecule has 3 rings (SSSR count). The molecule has 0 unspecified atom stereocenters. The van der Waals surface area contributed by atoms with E-state index in [0.717, 1.165) is 22.1 Å². The lowest BCUT2D eigenvalue weighted by atomic mass is 9.92. The van der Waals surface area contributed by atoms with Crippen molar-refractivity contribution in [3.63, 3.8) is 0 Å². The second-order valence-electron chi connectivity index (χ2n) is 7.17. The maximum Gasteiger partial charge on any atom is 0.263 e. The summed E-state index contributed by atoms with van der Waals surface area (Å²) in [6, 6.07) is 12.2. The molecular weight excluding hydrogens is 300 g/mol. The van der Waals surface area contributed by atoms with Crippen LogP contribution in [-0.2, 0) is 4.79 Å². The zero-order valence-electron chi connectivity index (χ0n) is 14.6. The highest BCUT2D eigenvalue weighted by atomic mass is 16.5. The molecule has 1 aliphatic heterocycles. The molecule has 1 fully saturated rings. The summed E-state index contributed by atoms with van der Waals surface area (Å²) in [5, 5.41) is 2.15. The van der Waals surface area contributed by atoms with E-state index in [1.165, 1.54) is 0 Å². The summed E-state index contributed by atoms with van der Waals surface area (Å²) in [5.74, 6) is 1.23. The average Bonchev–Trinajstić information content (AvgIpc) is 2.79. The summed E-state index contributed by atoms with van der Waals surface area (Å²) in [5.41, 5.74) is 7.01. The molecule has 1 amide bonds. The van der Waals surface area contributed by atoms with Gasteiger partial charge in [-0.15, -0.1) is 0 Å². The molecule has 2 aromatic carbocycles. The fourth-order valence-corrected chi connectivity index (χ4v) is 2.86. The SMILES string of the molecule is CC(C)COc1cccc2cccc(/C=C3\C(=O)NNC3(C)C)c12. The Hall–Kier alpha value is -2.33. The van der Waals surface area contributed by atoms with E-state index >= 15 is 0 Å². The lowest BCUT2D eigenvalue weighted by Crippen LogP contribution is -2.38. The van der Waals surface area contributed by atoms with Crippen molar-refractivity contribution >= 4 is 22.8 Å². The van der Waals surface area contributed by atoms with Crippen molar-refractivity contribution in [1.82, 2.24) is 10.9 Å². The van der Waals surface area contributed by atoms with Gasteiger partial charge in [0.2, 0.25) is 0 Å². The first kappa shape index (κ1) is 16.5. The quantitative estimate of drug-likeness (QED) is 0.844. The molecule has 0 bridgehead atoms. The molecule has 1 heterocycles. The van der Waals surface area contributed by atoms with Crippen LogP contribution in [0.4, 0.5) is 0 Å². The molecule has 0 radical (unpaired) electrons. The van der Waals surface area contributed by atoms with Crippen LogP contribution in [0.3, 0.4) is 0 Å². The number of rotatable bonds is 4. The minimum atomic E-state index is -0.410. The van der Waals surface area contributed by atoms with Gasteiger partial charge in [0.25, 0.3) is 5.91 Å². The van der Waals surface area contributed by atoms with Crippen molar-refractivity contribution in [2.24, 2.45) is 5.92 Å². The van der Waals surface area contributed by atoms with Gasteiger partial charge in [-0.25, -0.2) is 5.43 Å². The number of hydrogen-bond acceptors (Lipinski definition) is 3. The van der Waals surface area contributed by atoms with Crippen LogP contribution in [0, 0.1) is 5.92 Å². The molecule has 126 valence electrons. The zero-order chi connectivity index (χ0) is 17.3. The number of fused-ring (bicyclic) bond motifs is 1. The number of hydrazine groups is 1. The van der Waals surface area contributed by atoms with Crippen LogP contribution in [-0.4, -0.2) is 18.1 Å². The molecule has 4 nitrogen and oxygen atoms in total. The zero-order valence-corrected chi connectivity index (χ0v) is 14.6. The molecule has 1 aliphatic rings.